The summed E-state index contributed by atoms with van der Waals surface area (Å²) in [6, 6.07) is 1.32. The number of fused-ring (bicyclic) bond motifs is 1. The Hall–Kier alpha value is -1.65. The van der Waals surface area contributed by atoms with E-state index in [0.717, 1.165) is 25.1 Å². The number of carboxylic acids is 1. The van der Waals surface area contributed by atoms with Gasteiger partial charge in [-0.05, 0) is 12.8 Å². The first-order valence-electron chi connectivity index (χ1n) is 4.98. The molecule has 5 nitrogen and oxygen atoms in total. The summed E-state index contributed by atoms with van der Waals surface area (Å²) in [7, 11) is 0. The Morgan fingerprint density at radius 2 is 2.33 bits per heavy atom. The van der Waals surface area contributed by atoms with Gasteiger partial charge in [-0.2, -0.15) is 0 Å². The van der Waals surface area contributed by atoms with E-state index in [0.29, 0.717) is 12.2 Å². The lowest BCUT2D eigenvalue weighted by atomic mass is 10.1. The number of hydrogen-bond donors (Lipinski definition) is 1. The molecule has 0 spiro atoms. The number of aliphatic carboxylic acids is 1. The monoisotopic (exact) mass is 208 g/mol. The summed E-state index contributed by atoms with van der Waals surface area (Å²) >= 11 is 0. The van der Waals surface area contributed by atoms with Crippen molar-refractivity contribution >= 4 is 5.97 Å². The van der Waals surface area contributed by atoms with Crippen molar-refractivity contribution in [1.82, 2.24) is 9.55 Å². The van der Waals surface area contributed by atoms with E-state index in [1.54, 1.807) is 4.57 Å². The van der Waals surface area contributed by atoms with Gasteiger partial charge in [-0.1, -0.05) is 0 Å². The van der Waals surface area contributed by atoms with Crippen LogP contribution in [0.5, 0.6) is 0 Å². The third-order valence-corrected chi connectivity index (χ3v) is 2.50. The minimum Gasteiger partial charge on any atom is -0.481 e. The van der Waals surface area contributed by atoms with Gasteiger partial charge in [-0.25, -0.2) is 4.98 Å². The highest BCUT2D eigenvalue weighted by atomic mass is 16.4. The molecule has 1 aromatic rings. The quantitative estimate of drug-likeness (QED) is 0.753. The molecule has 5 heteroatoms. The zero-order chi connectivity index (χ0) is 10.8. The highest BCUT2D eigenvalue weighted by molar-refractivity contribution is 5.69. The number of carbonyl (C=O) groups is 1. The van der Waals surface area contributed by atoms with Crippen LogP contribution in [0.15, 0.2) is 10.9 Å². The van der Waals surface area contributed by atoms with Crippen LogP contribution in [0.2, 0.25) is 0 Å². The van der Waals surface area contributed by atoms with Crippen LogP contribution in [0.1, 0.15) is 24.4 Å². The lowest BCUT2D eigenvalue weighted by Gasteiger charge is -2.17. The molecule has 0 aliphatic carbocycles. The molecule has 0 bridgehead atoms. The highest BCUT2D eigenvalue weighted by Gasteiger charge is 2.13. The molecule has 0 fully saturated rings. The minimum atomic E-state index is -0.956. The second kappa shape index (κ2) is 3.84. The van der Waals surface area contributed by atoms with Crippen LogP contribution in [0.3, 0.4) is 0 Å². The summed E-state index contributed by atoms with van der Waals surface area (Å²) in [4.78, 5) is 26.3. The first-order valence-corrected chi connectivity index (χ1v) is 4.98. The van der Waals surface area contributed by atoms with Crippen molar-refractivity contribution < 1.29 is 9.90 Å². The number of nitrogens with zero attached hydrogens (tertiary/aromatic N) is 2. The third-order valence-electron chi connectivity index (χ3n) is 2.50. The lowest BCUT2D eigenvalue weighted by Crippen LogP contribution is -2.29. The number of rotatable bonds is 2. The molecule has 0 radical (unpaired) electrons. The van der Waals surface area contributed by atoms with Crippen molar-refractivity contribution in [3.05, 3.63) is 27.9 Å². The van der Waals surface area contributed by atoms with Gasteiger partial charge in [-0.15, -0.1) is 0 Å². The fourth-order valence-electron chi connectivity index (χ4n) is 1.83. The Balaban J connectivity index is 2.40. The molecular formula is C10H12N2O3. The Bertz CT molecular complexity index is 450. The van der Waals surface area contributed by atoms with E-state index in [4.69, 9.17) is 5.11 Å². The third kappa shape index (κ3) is 2.06. The molecular weight excluding hydrogens is 196 g/mol. The molecule has 0 unspecified atom stereocenters. The number of aryl methyl sites for hydroxylation is 1. The molecule has 2 heterocycles. The fraction of sp³-hybridized carbons (Fsp3) is 0.500. The van der Waals surface area contributed by atoms with E-state index >= 15 is 0 Å². The number of hydrogen-bond acceptors (Lipinski definition) is 3. The molecule has 0 saturated carbocycles. The maximum atomic E-state index is 11.6. The average Bonchev–Trinajstić information content (AvgIpc) is 2.16. The molecule has 2 rings (SSSR count). The Morgan fingerprint density at radius 3 is 3.07 bits per heavy atom. The van der Waals surface area contributed by atoms with Crippen LogP contribution < -0.4 is 5.56 Å². The number of carboxylic acid groups (broad SMARTS) is 1. The van der Waals surface area contributed by atoms with Crippen LogP contribution in [0, 0.1) is 0 Å². The number of aromatic nitrogens is 2. The largest absolute Gasteiger partial charge is 0.481 e. The molecule has 0 aromatic carbocycles. The molecule has 1 N–H and O–H groups in total. The average molecular weight is 208 g/mol. The Kier molecular flexibility index (Phi) is 2.53. The molecule has 0 atom stereocenters. The van der Waals surface area contributed by atoms with Crippen molar-refractivity contribution in [3.63, 3.8) is 0 Å². The summed E-state index contributed by atoms with van der Waals surface area (Å²) < 4.78 is 1.63. The molecule has 15 heavy (non-hydrogen) atoms. The smallest absolute Gasteiger partial charge is 0.309 e. The van der Waals surface area contributed by atoms with Gasteiger partial charge in [0.15, 0.2) is 0 Å². The molecule has 80 valence electrons. The SMILES string of the molecule is O=C(O)Cc1cc(=O)n2c(n1)CCCC2. The van der Waals surface area contributed by atoms with E-state index in [9.17, 15) is 9.59 Å². The zero-order valence-electron chi connectivity index (χ0n) is 8.27. The molecule has 1 aromatic heterocycles. The van der Waals surface area contributed by atoms with Crippen LogP contribution in [0.25, 0.3) is 0 Å². The Morgan fingerprint density at radius 1 is 1.53 bits per heavy atom. The summed E-state index contributed by atoms with van der Waals surface area (Å²) in [5.74, 6) is -0.229. The van der Waals surface area contributed by atoms with E-state index < -0.39 is 5.97 Å². The van der Waals surface area contributed by atoms with Gasteiger partial charge in [0.05, 0.1) is 12.1 Å². The first-order chi connectivity index (χ1) is 7.16. The maximum Gasteiger partial charge on any atom is 0.309 e. The van der Waals surface area contributed by atoms with Crippen molar-refractivity contribution in [1.29, 1.82) is 0 Å². The van der Waals surface area contributed by atoms with Crippen molar-refractivity contribution in [2.24, 2.45) is 0 Å². The van der Waals surface area contributed by atoms with Gasteiger partial charge in [0.25, 0.3) is 5.56 Å². The second-order valence-corrected chi connectivity index (χ2v) is 3.68. The molecule has 1 aliphatic rings. The lowest BCUT2D eigenvalue weighted by molar-refractivity contribution is -0.136. The van der Waals surface area contributed by atoms with E-state index in [-0.39, 0.29) is 12.0 Å². The van der Waals surface area contributed by atoms with Gasteiger partial charge in [-0.3, -0.25) is 14.2 Å². The second-order valence-electron chi connectivity index (χ2n) is 3.68. The summed E-state index contributed by atoms with van der Waals surface area (Å²) in [6.45, 7) is 0.703. The fourth-order valence-corrected chi connectivity index (χ4v) is 1.83. The summed E-state index contributed by atoms with van der Waals surface area (Å²) in [5, 5.41) is 8.61. The molecule has 0 amide bonds. The van der Waals surface area contributed by atoms with Crippen molar-refractivity contribution in [2.75, 3.05) is 0 Å². The van der Waals surface area contributed by atoms with E-state index in [2.05, 4.69) is 4.98 Å². The van der Waals surface area contributed by atoms with Crippen LogP contribution in [-0.4, -0.2) is 20.6 Å². The van der Waals surface area contributed by atoms with E-state index in [1.807, 2.05) is 0 Å². The van der Waals surface area contributed by atoms with Gasteiger partial charge >= 0.3 is 5.97 Å². The topological polar surface area (TPSA) is 72.2 Å². The normalized spacial score (nSPS) is 14.7. The first kappa shape index (κ1) is 9.89. The molecule has 0 saturated heterocycles. The van der Waals surface area contributed by atoms with Crippen molar-refractivity contribution in [3.8, 4) is 0 Å². The van der Waals surface area contributed by atoms with Gasteiger partial charge in [0, 0.05) is 19.0 Å². The summed E-state index contributed by atoms with van der Waals surface area (Å²) in [5.41, 5.74) is 0.233. The van der Waals surface area contributed by atoms with Crippen molar-refractivity contribution in [2.45, 2.75) is 32.2 Å². The zero-order valence-corrected chi connectivity index (χ0v) is 8.27. The maximum absolute atomic E-state index is 11.6. The highest BCUT2D eigenvalue weighted by Crippen LogP contribution is 2.10. The predicted octanol–water partition coefficient (Wildman–Crippen LogP) is 0.207. The van der Waals surface area contributed by atoms with Gasteiger partial charge in [0.1, 0.15) is 5.82 Å². The Labute approximate surface area is 86.4 Å². The van der Waals surface area contributed by atoms with Crippen LogP contribution >= 0.6 is 0 Å². The van der Waals surface area contributed by atoms with Crippen LogP contribution in [0.4, 0.5) is 0 Å². The predicted molar refractivity (Wildman–Crippen MR) is 52.8 cm³/mol. The van der Waals surface area contributed by atoms with Crippen LogP contribution in [-0.2, 0) is 24.2 Å². The minimum absolute atomic E-state index is 0.129. The van der Waals surface area contributed by atoms with Gasteiger partial charge < -0.3 is 5.11 Å². The molecule has 1 aliphatic heterocycles. The summed E-state index contributed by atoms with van der Waals surface area (Å²) in [6.07, 6.45) is 2.60. The van der Waals surface area contributed by atoms with Gasteiger partial charge in [0.2, 0.25) is 0 Å². The van der Waals surface area contributed by atoms with E-state index in [1.165, 1.54) is 6.07 Å². The standard InChI is InChI=1S/C10H12N2O3/c13-9-5-7(6-10(14)15)11-8-3-1-2-4-12(8)9/h5H,1-4,6H2,(H,14,15).